The number of ether oxygens (including phenoxy) is 2. The highest BCUT2D eigenvalue weighted by atomic mass is 16.5. The van der Waals surface area contributed by atoms with Crippen molar-refractivity contribution in [2.75, 3.05) is 14.2 Å². The number of hydrogen-bond donors (Lipinski definition) is 2. The molecule has 0 saturated carbocycles. The van der Waals surface area contributed by atoms with E-state index in [0.29, 0.717) is 29.1 Å². The molecule has 0 atom stereocenters. The molecule has 2 aromatic carbocycles. The maximum Gasteiger partial charge on any atom is 0.277 e. The van der Waals surface area contributed by atoms with Crippen LogP contribution < -0.4 is 20.3 Å². The molecule has 0 radical (unpaired) electrons. The van der Waals surface area contributed by atoms with Gasteiger partial charge in [-0.1, -0.05) is 18.2 Å². The number of benzene rings is 2. The topological polar surface area (TPSA) is 98.2 Å². The Bertz CT molecular complexity index is 1280. The van der Waals surface area contributed by atoms with Crippen LogP contribution in [0.4, 0.5) is 0 Å². The molecule has 2 N–H and O–H groups in total. The van der Waals surface area contributed by atoms with Crippen LogP contribution >= 0.6 is 0 Å². The Kier molecular flexibility index (Phi) is 5.38. The number of rotatable bonds is 7. The normalized spacial score (nSPS) is 11.0. The molecule has 8 heteroatoms. The van der Waals surface area contributed by atoms with Crippen molar-refractivity contribution in [3.8, 4) is 11.5 Å². The molecule has 4 rings (SSSR count). The first-order chi connectivity index (χ1) is 14.6. The molecule has 8 nitrogen and oxygen atoms in total. The Morgan fingerprint density at radius 3 is 2.80 bits per heavy atom. The summed E-state index contributed by atoms with van der Waals surface area (Å²) < 4.78 is 12.0. The molecule has 2 aromatic heterocycles. The van der Waals surface area contributed by atoms with E-state index in [-0.39, 0.29) is 24.4 Å². The largest absolute Gasteiger partial charge is 0.497 e. The molecule has 0 aliphatic heterocycles. The van der Waals surface area contributed by atoms with Gasteiger partial charge in [-0.2, -0.15) is 0 Å². The second kappa shape index (κ2) is 8.28. The van der Waals surface area contributed by atoms with Gasteiger partial charge in [0, 0.05) is 42.0 Å². The van der Waals surface area contributed by atoms with Gasteiger partial charge in [-0.05, 0) is 18.2 Å². The van der Waals surface area contributed by atoms with Crippen molar-refractivity contribution in [2.24, 2.45) is 0 Å². The first-order valence-electron chi connectivity index (χ1n) is 9.54. The predicted octanol–water partition coefficient (Wildman–Crippen LogP) is 2.60. The Hall–Kier alpha value is -3.81. The maximum atomic E-state index is 12.8. The van der Waals surface area contributed by atoms with Gasteiger partial charge in [0.25, 0.3) is 5.56 Å². The smallest absolute Gasteiger partial charge is 0.277 e. The van der Waals surface area contributed by atoms with Crippen LogP contribution in [-0.2, 0) is 17.9 Å². The van der Waals surface area contributed by atoms with Crippen molar-refractivity contribution < 1.29 is 14.3 Å². The minimum Gasteiger partial charge on any atom is -0.497 e. The lowest BCUT2D eigenvalue weighted by atomic mass is 10.2. The van der Waals surface area contributed by atoms with Crippen LogP contribution in [-0.4, -0.2) is 34.7 Å². The summed E-state index contributed by atoms with van der Waals surface area (Å²) in [7, 11) is 3.15. The third kappa shape index (κ3) is 3.71. The van der Waals surface area contributed by atoms with E-state index in [2.05, 4.69) is 15.3 Å². The van der Waals surface area contributed by atoms with E-state index in [1.165, 1.54) is 10.9 Å². The molecule has 1 amide bonds. The quantitative estimate of drug-likeness (QED) is 0.492. The van der Waals surface area contributed by atoms with E-state index in [0.717, 1.165) is 16.5 Å². The fourth-order valence-electron chi connectivity index (χ4n) is 3.40. The number of carbonyl (C=O) groups is 1. The highest BCUT2D eigenvalue weighted by molar-refractivity contribution is 6.04. The van der Waals surface area contributed by atoms with Crippen LogP contribution in [0, 0.1) is 0 Å². The fraction of sp³-hybridized carbons (Fsp3) is 0.227. The average molecular weight is 406 g/mol. The number of nitrogens with zero attached hydrogens (tertiary/aromatic N) is 2. The molecule has 4 aromatic rings. The van der Waals surface area contributed by atoms with Gasteiger partial charge in [0.2, 0.25) is 5.91 Å². The number of aryl methyl sites for hydroxylation is 1. The number of H-pyrrole nitrogens is 1. The lowest BCUT2D eigenvalue weighted by Gasteiger charge is -2.11. The van der Waals surface area contributed by atoms with Crippen LogP contribution in [0.15, 0.2) is 53.6 Å². The van der Waals surface area contributed by atoms with Crippen molar-refractivity contribution in [3.63, 3.8) is 0 Å². The lowest BCUT2D eigenvalue weighted by molar-refractivity contribution is -0.121. The summed E-state index contributed by atoms with van der Waals surface area (Å²) in [5.41, 5.74) is 2.59. The summed E-state index contributed by atoms with van der Waals surface area (Å²) in [5, 5.41) is 3.76. The van der Waals surface area contributed by atoms with E-state index in [4.69, 9.17) is 9.47 Å². The molecule has 2 heterocycles. The Labute approximate surface area is 172 Å². The number of aromatic nitrogens is 3. The molecule has 0 saturated heterocycles. The van der Waals surface area contributed by atoms with Gasteiger partial charge in [-0.3, -0.25) is 14.2 Å². The molecular formula is C22H22N4O4. The zero-order chi connectivity index (χ0) is 21.1. The van der Waals surface area contributed by atoms with E-state index in [9.17, 15) is 9.59 Å². The highest BCUT2D eigenvalue weighted by Crippen LogP contribution is 2.24. The molecular weight excluding hydrogens is 384 g/mol. The van der Waals surface area contributed by atoms with Crippen molar-refractivity contribution in [3.05, 3.63) is 64.7 Å². The third-order valence-electron chi connectivity index (χ3n) is 5.03. The van der Waals surface area contributed by atoms with Crippen LogP contribution in [0.25, 0.3) is 21.9 Å². The molecule has 0 aliphatic carbocycles. The number of methoxy groups -OCH3 is 2. The second-order valence-electron chi connectivity index (χ2n) is 6.84. The molecule has 0 aliphatic rings. The Morgan fingerprint density at radius 2 is 2.00 bits per heavy atom. The summed E-state index contributed by atoms with van der Waals surface area (Å²) in [4.78, 5) is 32.6. The molecule has 30 heavy (non-hydrogen) atoms. The number of carbonyl (C=O) groups excluding carboxylic acids is 1. The summed E-state index contributed by atoms with van der Waals surface area (Å²) in [6.45, 7) is 0.558. The molecule has 154 valence electrons. The first-order valence-corrected chi connectivity index (χ1v) is 9.54. The lowest BCUT2D eigenvalue weighted by Crippen LogP contribution is -2.27. The van der Waals surface area contributed by atoms with Gasteiger partial charge < -0.3 is 19.8 Å². The number of para-hydroxylation sites is 1. The number of nitrogens with one attached hydrogen (secondary N) is 2. The summed E-state index contributed by atoms with van der Waals surface area (Å²) in [6.07, 6.45) is 1.65. The minimum atomic E-state index is -0.194. The second-order valence-corrected chi connectivity index (χ2v) is 6.84. The van der Waals surface area contributed by atoms with E-state index in [1.54, 1.807) is 20.3 Å². The van der Waals surface area contributed by atoms with E-state index >= 15 is 0 Å². The molecule has 0 unspecified atom stereocenters. The Morgan fingerprint density at radius 1 is 1.17 bits per heavy atom. The summed E-state index contributed by atoms with van der Waals surface area (Å²) in [5.74, 6) is 1.15. The standard InChI is InChI=1S/C22H22N4O4/c1-29-15-8-7-14(18(11-15)30-2)12-23-19(27)9-10-26-13-24-20-16-5-3-4-6-17(16)25-21(20)22(26)28/h3-8,11,13,25H,9-10,12H2,1-2H3,(H,23,27). The van der Waals surface area contributed by atoms with Crippen molar-refractivity contribution in [1.29, 1.82) is 0 Å². The zero-order valence-corrected chi connectivity index (χ0v) is 16.8. The van der Waals surface area contributed by atoms with Gasteiger partial charge in [0.05, 0.1) is 20.5 Å². The maximum absolute atomic E-state index is 12.8. The monoisotopic (exact) mass is 406 g/mol. The minimum absolute atomic E-state index is 0.159. The molecule has 0 spiro atoms. The van der Waals surface area contributed by atoms with Gasteiger partial charge in [-0.25, -0.2) is 4.98 Å². The van der Waals surface area contributed by atoms with Crippen LogP contribution in [0.2, 0.25) is 0 Å². The van der Waals surface area contributed by atoms with Crippen LogP contribution in [0.1, 0.15) is 12.0 Å². The van der Waals surface area contributed by atoms with E-state index in [1.807, 2.05) is 36.4 Å². The van der Waals surface area contributed by atoms with E-state index < -0.39 is 0 Å². The molecule has 0 bridgehead atoms. The van der Waals surface area contributed by atoms with Crippen molar-refractivity contribution >= 4 is 27.8 Å². The van der Waals surface area contributed by atoms with Crippen LogP contribution in [0.3, 0.4) is 0 Å². The number of fused-ring (bicyclic) bond motifs is 3. The fourth-order valence-corrected chi connectivity index (χ4v) is 3.40. The summed E-state index contributed by atoms with van der Waals surface area (Å²) >= 11 is 0. The highest BCUT2D eigenvalue weighted by Gasteiger charge is 2.12. The van der Waals surface area contributed by atoms with Crippen molar-refractivity contribution in [1.82, 2.24) is 19.9 Å². The first kappa shape index (κ1) is 19.5. The van der Waals surface area contributed by atoms with Gasteiger partial charge in [0.1, 0.15) is 22.5 Å². The van der Waals surface area contributed by atoms with Gasteiger partial charge >= 0.3 is 0 Å². The van der Waals surface area contributed by atoms with Gasteiger partial charge in [0.15, 0.2) is 0 Å². The number of hydrogen-bond acceptors (Lipinski definition) is 5. The SMILES string of the molecule is COc1ccc(CNC(=O)CCn2cnc3c([nH]c4ccccc43)c2=O)c(OC)c1. The van der Waals surface area contributed by atoms with Crippen molar-refractivity contribution in [2.45, 2.75) is 19.5 Å². The average Bonchev–Trinajstić information content (AvgIpc) is 3.16. The molecule has 0 fully saturated rings. The zero-order valence-electron chi connectivity index (χ0n) is 16.8. The Balaban J connectivity index is 1.43. The number of amides is 1. The summed E-state index contributed by atoms with van der Waals surface area (Å²) in [6, 6.07) is 13.1. The number of aromatic amines is 1. The predicted molar refractivity (Wildman–Crippen MR) is 114 cm³/mol. The van der Waals surface area contributed by atoms with Gasteiger partial charge in [-0.15, -0.1) is 0 Å². The third-order valence-corrected chi connectivity index (χ3v) is 5.03. The van der Waals surface area contributed by atoms with Crippen LogP contribution in [0.5, 0.6) is 11.5 Å².